The first kappa shape index (κ1) is 22.6. The van der Waals surface area contributed by atoms with E-state index in [0.717, 1.165) is 15.8 Å². The van der Waals surface area contributed by atoms with E-state index < -0.39 is 17.8 Å². The molecule has 0 spiro atoms. The van der Waals surface area contributed by atoms with Crippen molar-refractivity contribution in [3.8, 4) is 5.75 Å². The fourth-order valence-electron chi connectivity index (χ4n) is 2.49. The van der Waals surface area contributed by atoms with Gasteiger partial charge in [0, 0.05) is 16.1 Å². The van der Waals surface area contributed by atoms with Crippen LogP contribution in [0.2, 0.25) is 0 Å². The predicted octanol–water partition coefficient (Wildman–Crippen LogP) is 4.44. The van der Waals surface area contributed by atoms with Gasteiger partial charge in [0.1, 0.15) is 15.6 Å². The molecule has 0 saturated carbocycles. The summed E-state index contributed by atoms with van der Waals surface area (Å²) >= 11 is 4.33. The summed E-state index contributed by atoms with van der Waals surface area (Å²) in [6.45, 7) is 3.44. The van der Waals surface area contributed by atoms with E-state index in [1.807, 2.05) is 6.07 Å². The number of hydrogen-bond acceptors (Lipinski definition) is 7. The molecule has 0 saturated heterocycles. The van der Waals surface area contributed by atoms with Crippen LogP contribution in [0.1, 0.15) is 38.1 Å². The fraction of sp³-hybridized carbons (Fsp3) is 0.250. The lowest BCUT2D eigenvalue weighted by atomic mass is 10.1. The van der Waals surface area contributed by atoms with Gasteiger partial charge in [-0.15, -0.1) is 11.3 Å². The highest BCUT2D eigenvalue weighted by molar-refractivity contribution is 9.10. The van der Waals surface area contributed by atoms with Crippen molar-refractivity contribution in [3.05, 3.63) is 50.3 Å². The van der Waals surface area contributed by atoms with Gasteiger partial charge in [0.2, 0.25) is 5.91 Å². The summed E-state index contributed by atoms with van der Waals surface area (Å²) in [6.07, 6.45) is 2.90. The second-order valence-corrected chi connectivity index (χ2v) is 7.62. The van der Waals surface area contributed by atoms with Crippen LogP contribution in [0.3, 0.4) is 0 Å². The van der Waals surface area contributed by atoms with Gasteiger partial charge in [-0.2, -0.15) is 0 Å². The van der Waals surface area contributed by atoms with Crippen LogP contribution in [0.15, 0.2) is 28.7 Å². The molecule has 0 atom stereocenters. The molecule has 29 heavy (non-hydrogen) atoms. The van der Waals surface area contributed by atoms with Gasteiger partial charge in [0.05, 0.1) is 26.4 Å². The number of amides is 1. The predicted molar refractivity (Wildman–Crippen MR) is 115 cm³/mol. The van der Waals surface area contributed by atoms with Crippen molar-refractivity contribution >= 4 is 56.2 Å². The number of rotatable bonds is 7. The Balaban J connectivity index is 2.33. The maximum absolute atomic E-state index is 12.5. The van der Waals surface area contributed by atoms with Crippen molar-refractivity contribution in [2.75, 3.05) is 26.1 Å². The molecule has 0 bridgehead atoms. The number of thiophene rings is 1. The number of hydrogen-bond donors (Lipinski definition) is 1. The summed E-state index contributed by atoms with van der Waals surface area (Å²) in [7, 11) is 2.78. The van der Waals surface area contributed by atoms with Gasteiger partial charge < -0.3 is 19.5 Å². The van der Waals surface area contributed by atoms with Crippen molar-refractivity contribution in [2.24, 2.45) is 0 Å². The maximum Gasteiger partial charge on any atom is 0.348 e. The lowest BCUT2D eigenvalue weighted by Crippen LogP contribution is -2.12. The Labute approximate surface area is 180 Å². The summed E-state index contributed by atoms with van der Waals surface area (Å²) in [5.41, 5.74) is 1.23. The molecule has 1 aromatic heterocycles. The first-order valence-electron chi connectivity index (χ1n) is 8.53. The van der Waals surface area contributed by atoms with Crippen LogP contribution in [0.25, 0.3) is 6.08 Å². The Morgan fingerprint density at radius 3 is 2.55 bits per heavy atom. The summed E-state index contributed by atoms with van der Waals surface area (Å²) in [5.74, 6) is -1.09. The Morgan fingerprint density at radius 2 is 1.93 bits per heavy atom. The highest BCUT2D eigenvalue weighted by Crippen LogP contribution is 2.34. The number of ether oxygens (including phenoxy) is 3. The summed E-state index contributed by atoms with van der Waals surface area (Å²) in [5, 5.41) is 2.86. The molecular weight excluding hydrogens is 462 g/mol. The minimum absolute atomic E-state index is 0.138. The van der Waals surface area contributed by atoms with Gasteiger partial charge in [-0.25, -0.2) is 9.59 Å². The van der Waals surface area contributed by atoms with Crippen molar-refractivity contribution in [1.82, 2.24) is 0 Å². The van der Waals surface area contributed by atoms with Crippen molar-refractivity contribution in [2.45, 2.75) is 13.8 Å². The number of methoxy groups -OCH3 is 2. The Kier molecular flexibility index (Phi) is 7.98. The first-order chi connectivity index (χ1) is 13.8. The molecule has 2 rings (SSSR count). The van der Waals surface area contributed by atoms with Crippen LogP contribution >= 0.6 is 27.3 Å². The minimum Gasteiger partial charge on any atom is -0.496 e. The Hall–Kier alpha value is -2.65. The third kappa shape index (κ3) is 5.45. The average Bonchev–Trinajstić information content (AvgIpc) is 3.01. The van der Waals surface area contributed by atoms with E-state index in [-0.39, 0.29) is 22.0 Å². The molecule has 1 aromatic carbocycles. The summed E-state index contributed by atoms with van der Waals surface area (Å²) in [4.78, 5) is 37.0. The van der Waals surface area contributed by atoms with Crippen LogP contribution in [0.5, 0.6) is 5.75 Å². The number of benzene rings is 1. The molecule has 1 heterocycles. The zero-order valence-corrected chi connectivity index (χ0v) is 18.7. The van der Waals surface area contributed by atoms with Crippen molar-refractivity contribution < 1.29 is 28.6 Å². The molecule has 1 amide bonds. The first-order valence-corrected chi connectivity index (χ1v) is 10.1. The Morgan fingerprint density at radius 1 is 1.21 bits per heavy atom. The van der Waals surface area contributed by atoms with E-state index >= 15 is 0 Å². The lowest BCUT2D eigenvalue weighted by Gasteiger charge is -2.06. The zero-order chi connectivity index (χ0) is 21.6. The van der Waals surface area contributed by atoms with Gasteiger partial charge in [-0.05, 0) is 43.7 Å². The SMILES string of the molecule is CCOC(=O)c1c(NC(=O)/C=C/c2cc(Br)ccc2OC)sc(C(=O)OC)c1C. The number of esters is 2. The summed E-state index contributed by atoms with van der Waals surface area (Å²) < 4.78 is 15.9. The number of anilines is 1. The molecule has 0 fully saturated rings. The van der Waals surface area contributed by atoms with E-state index in [9.17, 15) is 14.4 Å². The summed E-state index contributed by atoms with van der Waals surface area (Å²) in [6, 6.07) is 5.40. The van der Waals surface area contributed by atoms with Crippen LogP contribution in [0, 0.1) is 6.92 Å². The molecular formula is C20H20BrNO6S. The largest absolute Gasteiger partial charge is 0.496 e. The van der Waals surface area contributed by atoms with Crippen LogP contribution in [-0.4, -0.2) is 38.7 Å². The highest BCUT2D eigenvalue weighted by Gasteiger charge is 2.26. The smallest absolute Gasteiger partial charge is 0.348 e. The molecule has 0 aliphatic heterocycles. The van der Waals surface area contributed by atoms with E-state index in [1.54, 1.807) is 32.1 Å². The van der Waals surface area contributed by atoms with Crippen LogP contribution in [-0.2, 0) is 14.3 Å². The minimum atomic E-state index is -0.621. The van der Waals surface area contributed by atoms with E-state index in [1.165, 1.54) is 20.3 Å². The zero-order valence-electron chi connectivity index (χ0n) is 16.3. The molecule has 9 heteroatoms. The topological polar surface area (TPSA) is 90.9 Å². The Bertz CT molecular complexity index is 966. The van der Waals surface area contributed by atoms with E-state index in [4.69, 9.17) is 14.2 Å². The molecule has 2 aromatic rings. The van der Waals surface area contributed by atoms with E-state index in [0.29, 0.717) is 16.9 Å². The van der Waals surface area contributed by atoms with Gasteiger partial charge in [-0.1, -0.05) is 15.9 Å². The van der Waals surface area contributed by atoms with Gasteiger partial charge >= 0.3 is 11.9 Å². The molecule has 154 valence electrons. The number of carbonyl (C=O) groups excluding carboxylic acids is 3. The molecule has 0 aliphatic carbocycles. The van der Waals surface area contributed by atoms with Gasteiger partial charge in [0.25, 0.3) is 0 Å². The molecule has 0 unspecified atom stereocenters. The molecule has 7 nitrogen and oxygen atoms in total. The van der Waals surface area contributed by atoms with Crippen molar-refractivity contribution in [3.63, 3.8) is 0 Å². The third-order valence-electron chi connectivity index (χ3n) is 3.84. The highest BCUT2D eigenvalue weighted by atomic mass is 79.9. The second-order valence-electron chi connectivity index (χ2n) is 5.68. The number of halogens is 1. The number of carbonyl (C=O) groups is 3. The van der Waals surface area contributed by atoms with Gasteiger partial charge in [-0.3, -0.25) is 4.79 Å². The number of nitrogens with one attached hydrogen (secondary N) is 1. The van der Waals surface area contributed by atoms with Crippen LogP contribution in [0.4, 0.5) is 5.00 Å². The normalized spacial score (nSPS) is 10.7. The average molecular weight is 482 g/mol. The second kappa shape index (κ2) is 10.2. The van der Waals surface area contributed by atoms with E-state index in [2.05, 4.69) is 21.2 Å². The quantitative estimate of drug-likeness (QED) is 0.464. The van der Waals surface area contributed by atoms with Crippen molar-refractivity contribution in [1.29, 1.82) is 0 Å². The lowest BCUT2D eigenvalue weighted by molar-refractivity contribution is -0.111. The monoisotopic (exact) mass is 481 g/mol. The molecule has 1 N–H and O–H groups in total. The third-order valence-corrected chi connectivity index (χ3v) is 5.52. The fourth-order valence-corrected chi connectivity index (χ4v) is 3.99. The standard InChI is InChI=1S/C20H20BrNO6S/c1-5-28-19(24)16-11(2)17(20(25)27-4)29-18(16)22-15(23)9-6-12-10-13(21)7-8-14(12)26-3/h6-10H,5H2,1-4H3,(H,22,23)/b9-6+. The molecule has 0 radical (unpaired) electrons. The maximum atomic E-state index is 12.5. The van der Waals surface area contributed by atoms with Crippen LogP contribution < -0.4 is 10.1 Å². The molecule has 0 aliphatic rings. The van der Waals surface area contributed by atoms with Gasteiger partial charge in [0.15, 0.2) is 0 Å².